The lowest BCUT2D eigenvalue weighted by atomic mass is 10.6. The smallest absolute Gasteiger partial charge is 0.298 e. The number of halogens is 1. The zero-order chi connectivity index (χ0) is 6.41. The van der Waals surface area contributed by atoms with Crippen molar-refractivity contribution in [2.75, 3.05) is 0 Å². The fourth-order valence-corrected chi connectivity index (χ4v) is 0.466. The van der Waals surface area contributed by atoms with Crippen molar-refractivity contribution in [1.82, 2.24) is 0 Å². The Hall–Kier alpha value is -0.570. The number of allylic oxidation sites excluding steroid dienone is 1. The predicted molar refractivity (Wildman–Crippen MR) is 34.4 cm³/mol. The van der Waals surface area contributed by atoms with E-state index in [-0.39, 0.29) is 0 Å². The van der Waals surface area contributed by atoms with Crippen LogP contribution in [-0.2, 0) is 9.53 Å². The quantitative estimate of drug-likeness (QED) is 0.371. The van der Waals surface area contributed by atoms with Crippen molar-refractivity contribution in [3.05, 3.63) is 23.4 Å². The molecule has 0 aromatic heterocycles. The molecular weight excluding hydrogens is 172 g/mol. The largest absolute Gasteiger partial charge is 0.429 e. The molecule has 0 rings (SSSR count). The molecule has 0 N–H and O–H groups in total. The zero-order valence-electron chi connectivity index (χ0n) is 4.13. The summed E-state index contributed by atoms with van der Waals surface area (Å²) in [7, 11) is 0. The summed E-state index contributed by atoms with van der Waals surface area (Å²) in [6, 6.07) is 0. The minimum atomic E-state index is 0.317. The van der Waals surface area contributed by atoms with Gasteiger partial charge in [0.25, 0.3) is 6.47 Å². The maximum Gasteiger partial charge on any atom is 0.298 e. The van der Waals surface area contributed by atoms with Crippen molar-refractivity contribution in [2.24, 2.45) is 0 Å². The first-order chi connectivity index (χ1) is 3.81. The van der Waals surface area contributed by atoms with Crippen LogP contribution in [0.15, 0.2) is 23.4 Å². The summed E-state index contributed by atoms with van der Waals surface area (Å²) in [5.41, 5.74) is 0. The van der Waals surface area contributed by atoms with Gasteiger partial charge in [-0.3, -0.25) is 4.79 Å². The Bertz CT molecular complexity index is 118. The molecule has 0 bridgehead atoms. The van der Waals surface area contributed by atoms with Crippen molar-refractivity contribution < 1.29 is 9.53 Å². The third kappa shape index (κ3) is 3.61. The van der Waals surface area contributed by atoms with Gasteiger partial charge >= 0.3 is 0 Å². The first kappa shape index (κ1) is 7.43. The maximum atomic E-state index is 9.56. The van der Waals surface area contributed by atoms with E-state index in [9.17, 15) is 4.79 Å². The number of ether oxygens (including phenoxy) is 1. The molecule has 0 heterocycles. The molecule has 0 aromatic rings. The highest BCUT2D eigenvalue weighted by Crippen LogP contribution is 1.94. The summed E-state index contributed by atoms with van der Waals surface area (Å²) in [5, 5.41) is 0. The van der Waals surface area contributed by atoms with E-state index in [4.69, 9.17) is 0 Å². The van der Waals surface area contributed by atoms with Gasteiger partial charge in [-0.1, -0.05) is 22.5 Å². The van der Waals surface area contributed by atoms with Gasteiger partial charge in [0.05, 0.1) is 0 Å². The standard InChI is InChI=1S/C5H5BrO2/c1-5(2-3-6)8-4-7/h2-4H,1H2. The Kier molecular flexibility index (Phi) is 4.26. The maximum absolute atomic E-state index is 9.56. The van der Waals surface area contributed by atoms with Crippen LogP contribution in [0, 0.1) is 0 Å². The topological polar surface area (TPSA) is 26.3 Å². The first-order valence-corrected chi connectivity index (χ1v) is 2.78. The Morgan fingerprint density at radius 2 is 2.38 bits per heavy atom. The molecule has 0 unspecified atom stereocenters. The minimum Gasteiger partial charge on any atom is -0.429 e. The van der Waals surface area contributed by atoms with Crippen LogP contribution in [0.25, 0.3) is 0 Å². The van der Waals surface area contributed by atoms with Crippen LogP contribution in [0.4, 0.5) is 0 Å². The van der Waals surface area contributed by atoms with E-state index in [0.29, 0.717) is 12.2 Å². The van der Waals surface area contributed by atoms with Crippen molar-refractivity contribution in [2.45, 2.75) is 0 Å². The second-order valence-corrected chi connectivity index (χ2v) is 1.50. The van der Waals surface area contributed by atoms with Crippen molar-refractivity contribution in [3.63, 3.8) is 0 Å². The molecule has 0 aromatic carbocycles. The van der Waals surface area contributed by atoms with Gasteiger partial charge in [-0.05, 0) is 11.1 Å². The lowest BCUT2D eigenvalue weighted by Gasteiger charge is -1.89. The number of hydrogen-bond donors (Lipinski definition) is 0. The average molecular weight is 177 g/mol. The van der Waals surface area contributed by atoms with Gasteiger partial charge in [-0.15, -0.1) is 0 Å². The molecule has 0 saturated heterocycles. The molecule has 0 fully saturated rings. The lowest BCUT2D eigenvalue weighted by Crippen LogP contribution is -1.80. The normalized spacial score (nSPS) is 9.12. The van der Waals surface area contributed by atoms with Gasteiger partial charge < -0.3 is 4.74 Å². The SMILES string of the molecule is C=C(C=CBr)OC=O. The van der Waals surface area contributed by atoms with Crippen LogP contribution in [0.5, 0.6) is 0 Å². The van der Waals surface area contributed by atoms with Gasteiger partial charge in [0.2, 0.25) is 0 Å². The van der Waals surface area contributed by atoms with E-state index in [2.05, 4.69) is 27.2 Å². The molecule has 8 heavy (non-hydrogen) atoms. The van der Waals surface area contributed by atoms with Gasteiger partial charge in [-0.2, -0.15) is 0 Å². The molecule has 0 aliphatic rings. The highest BCUT2D eigenvalue weighted by Gasteiger charge is 1.80. The fourth-order valence-electron chi connectivity index (χ4n) is 0.171. The van der Waals surface area contributed by atoms with E-state index < -0.39 is 0 Å². The molecule has 0 saturated carbocycles. The Labute approximate surface area is 56.0 Å². The summed E-state index contributed by atoms with van der Waals surface area (Å²) < 4.78 is 4.29. The molecule has 0 amide bonds. The first-order valence-electron chi connectivity index (χ1n) is 1.87. The predicted octanol–water partition coefficient (Wildman–Crippen LogP) is 1.58. The molecule has 0 radical (unpaired) electrons. The van der Waals surface area contributed by atoms with Crippen LogP contribution >= 0.6 is 15.9 Å². The molecule has 44 valence electrons. The Morgan fingerprint density at radius 3 is 2.75 bits per heavy atom. The number of carbonyl (C=O) groups is 1. The van der Waals surface area contributed by atoms with Crippen molar-refractivity contribution in [1.29, 1.82) is 0 Å². The van der Waals surface area contributed by atoms with E-state index >= 15 is 0 Å². The van der Waals surface area contributed by atoms with Crippen LogP contribution in [0.2, 0.25) is 0 Å². The summed E-state index contributed by atoms with van der Waals surface area (Å²) in [6.45, 7) is 3.69. The molecule has 0 atom stereocenters. The number of rotatable bonds is 3. The second kappa shape index (κ2) is 4.59. The van der Waals surface area contributed by atoms with Gasteiger partial charge in [0.1, 0.15) is 5.76 Å². The van der Waals surface area contributed by atoms with Crippen LogP contribution in [-0.4, -0.2) is 6.47 Å². The zero-order valence-corrected chi connectivity index (χ0v) is 5.72. The van der Waals surface area contributed by atoms with Gasteiger partial charge in [0.15, 0.2) is 0 Å². The lowest BCUT2D eigenvalue weighted by molar-refractivity contribution is -0.124. The molecule has 0 aliphatic carbocycles. The summed E-state index contributed by atoms with van der Waals surface area (Å²) >= 11 is 2.98. The Morgan fingerprint density at radius 1 is 1.75 bits per heavy atom. The van der Waals surface area contributed by atoms with E-state index in [1.54, 1.807) is 4.99 Å². The average Bonchev–Trinajstić information content (AvgIpc) is 1.68. The van der Waals surface area contributed by atoms with Crippen LogP contribution < -0.4 is 0 Å². The molecule has 2 nitrogen and oxygen atoms in total. The second-order valence-electron chi connectivity index (χ2n) is 0.973. The van der Waals surface area contributed by atoms with E-state index in [0.717, 1.165) is 0 Å². The van der Waals surface area contributed by atoms with Crippen molar-refractivity contribution in [3.8, 4) is 0 Å². The molecule has 0 aliphatic heterocycles. The molecular formula is C5H5BrO2. The van der Waals surface area contributed by atoms with Crippen LogP contribution in [0.3, 0.4) is 0 Å². The fraction of sp³-hybridized carbons (Fsp3) is 0. The third-order valence-corrected chi connectivity index (χ3v) is 0.713. The van der Waals surface area contributed by atoms with Crippen molar-refractivity contribution >= 4 is 22.4 Å². The minimum absolute atomic E-state index is 0.317. The number of hydrogen-bond acceptors (Lipinski definition) is 2. The third-order valence-electron chi connectivity index (χ3n) is 0.448. The summed E-state index contributed by atoms with van der Waals surface area (Å²) in [6.07, 6.45) is 1.52. The monoisotopic (exact) mass is 176 g/mol. The molecule has 3 heteroatoms. The van der Waals surface area contributed by atoms with Gasteiger partial charge in [0, 0.05) is 0 Å². The Balaban J connectivity index is 3.48. The summed E-state index contributed by atoms with van der Waals surface area (Å²) in [4.78, 5) is 11.1. The summed E-state index contributed by atoms with van der Waals surface area (Å²) in [5.74, 6) is 0.317. The number of carbonyl (C=O) groups excluding carboxylic acids is 1. The van der Waals surface area contributed by atoms with E-state index in [1.807, 2.05) is 0 Å². The van der Waals surface area contributed by atoms with E-state index in [1.165, 1.54) is 6.08 Å². The van der Waals surface area contributed by atoms with Gasteiger partial charge in [-0.25, -0.2) is 0 Å². The highest BCUT2D eigenvalue weighted by molar-refractivity contribution is 9.11. The van der Waals surface area contributed by atoms with Crippen LogP contribution in [0.1, 0.15) is 0 Å². The highest BCUT2D eigenvalue weighted by atomic mass is 79.9. The molecule has 0 spiro atoms.